The van der Waals surface area contributed by atoms with E-state index in [-0.39, 0.29) is 85.0 Å². The molecule has 1 saturated carbocycles. The Morgan fingerprint density at radius 2 is 1.79 bits per heavy atom. The predicted molar refractivity (Wildman–Crippen MR) is 132 cm³/mol. The number of aromatic nitrogens is 3. The van der Waals surface area contributed by atoms with Crippen molar-refractivity contribution in [2.75, 3.05) is 0 Å². The van der Waals surface area contributed by atoms with E-state index in [4.69, 9.17) is 5.73 Å². The van der Waals surface area contributed by atoms with Crippen LogP contribution in [-0.4, -0.2) is 20.8 Å². The normalized spacial score (nSPS) is 18.8. The maximum Gasteiger partial charge on any atom is 1.00 e. The summed E-state index contributed by atoms with van der Waals surface area (Å²) in [7, 11) is 0. The zero-order valence-corrected chi connectivity index (χ0v) is 25.3. The number of carbonyl (C=O) groups excluding carboxylic acids is 1. The van der Waals surface area contributed by atoms with Crippen molar-refractivity contribution < 1.29 is 91.3 Å². The number of alkyl halides is 5. The van der Waals surface area contributed by atoms with Crippen LogP contribution in [0, 0.1) is 23.4 Å². The van der Waals surface area contributed by atoms with Gasteiger partial charge in [0, 0.05) is 29.8 Å². The Labute approximate surface area is 281 Å². The van der Waals surface area contributed by atoms with Crippen molar-refractivity contribution in [3.63, 3.8) is 0 Å². The fourth-order valence-corrected chi connectivity index (χ4v) is 5.55. The minimum atomic E-state index is -5.05. The minimum absolute atomic E-state index is 0. The van der Waals surface area contributed by atoms with Crippen molar-refractivity contribution in [1.82, 2.24) is 14.9 Å². The second-order valence-corrected chi connectivity index (χ2v) is 10.2. The summed E-state index contributed by atoms with van der Waals surface area (Å²) in [4.78, 5) is 16.3. The van der Waals surface area contributed by atoms with Crippen LogP contribution in [-0.2, 0) is 18.5 Å². The summed E-state index contributed by atoms with van der Waals surface area (Å²) in [6, 6.07) is 7.36. The molecule has 2 aliphatic carbocycles. The number of fused-ring (bicyclic) bond motifs is 3. The van der Waals surface area contributed by atoms with Gasteiger partial charge in [0.1, 0.15) is 17.5 Å². The van der Waals surface area contributed by atoms with E-state index in [1.54, 1.807) is 0 Å². The van der Waals surface area contributed by atoms with Crippen molar-refractivity contribution in [2.24, 2.45) is 11.7 Å². The number of amides is 1. The van der Waals surface area contributed by atoms with Gasteiger partial charge in [-0.2, -0.15) is 22.0 Å². The van der Waals surface area contributed by atoms with E-state index in [0.717, 1.165) is 24.3 Å². The van der Waals surface area contributed by atoms with Crippen LogP contribution in [0.15, 0.2) is 54.7 Å². The Morgan fingerprint density at radius 1 is 1.09 bits per heavy atom. The van der Waals surface area contributed by atoms with Gasteiger partial charge < -0.3 is 21.0 Å². The number of pyridine rings is 1. The van der Waals surface area contributed by atoms with Crippen LogP contribution in [0.25, 0.3) is 16.6 Å². The molecule has 3 unspecified atom stereocenters. The molecule has 0 spiro atoms. The minimum Gasteiger partial charge on any atom is -0.388 e. The standard InChI is InChI=1S/C28H18F8N5O.K/c29-14-6-12(7-15(30)10-14)8-21(23-16(2-1-5-38-23)13-3-4-20(31)18(9-13)26(37)42)39-41-25-22(24(40-41)28(34,35)36)17-11-19(17)27(25,32)33;/h1-7,9-10,17,19,21H,8,11H2,(H2,37,42);/q-1;+1. The van der Waals surface area contributed by atoms with Crippen LogP contribution in [0.3, 0.4) is 0 Å². The van der Waals surface area contributed by atoms with Crippen LogP contribution >= 0.6 is 0 Å². The number of hydrogen-bond donors (Lipinski definition) is 1. The van der Waals surface area contributed by atoms with Crippen molar-refractivity contribution in [2.45, 2.75) is 36.9 Å². The predicted octanol–water partition coefficient (Wildman–Crippen LogP) is 3.81. The van der Waals surface area contributed by atoms with Gasteiger partial charge in [0.25, 0.3) is 11.8 Å². The number of benzene rings is 2. The summed E-state index contributed by atoms with van der Waals surface area (Å²) in [5, 5.41) is 3.43. The first-order valence-electron chi connectivity index (χ1n) is 12.5. The Kier molecular flexibility index (Phi) is 8.26. The van der Waals surface area contributed by atoms with Crippen LogP contribution in [0.4, 0.5) is 35.1 Å². The molecule has 4 aromatic rings. The third-order valence-electron chi connectivity index (χ3n) is 7.41. The number of hydrogen-bond acceptors (Lipinski definition) is 3. The zero-order chi connectivity index (χ0) is 30.1. The molecule has 6 rings (SSSR count). The van der Waals surface area contributed by atoms with Gasteiger partial charge in [-0.1, -0.05) is 12.1 Å². The molecule has 0 aliphatic heterocycles. The second-order valence-electron chi connectivity index (χ2n) is 10.2. The monoisotopic (exact) mass is 631 g/mol. The van der Waals surface area contributed by atoms with Gasteiger partial charge in [0.2, 0.25) is 0 Å². The average Bonchev–Trinajstić information content (AvgIpc) is 3.55. The molecule has 0 saturated heterocycles. The SMILES string of the molecule is NC(=O)c1cc(-c2cccnc2C(Cc2cc(F)cc(F)c2)[N-]n2nc(C(F)(F)F)c3c2C(F)(F)C2CC32)ccc1F.[K+]. The zero-order valence-electron chi connectivity index (χ0n) is 22.1. The molecule has 1 fully saturated rings. The average molecular weight is 632 g/mol. The van der Waals surface area contributed by atoms with Gasteiger partial charge in [-0.25, -0.2) is 13.2 Å². The van der Waals surface area contributed by atoms with Gasteiger partial charge in [-0.05, 0) is 65.8 Å². The number of primary amides is 1. The maximum atomic E-state index is 15.2. The third-order valence-corrected chi connectivity index (χ3v) is 7.41. The first-order chi connectivity index (χ1) is 19.8. The summed E-state index contributed by atoms with van der Waals surface area (Å²) in [6.07, 6.45) is -4.30. The van der Waals surface area contributed by atoms with Crippen LogP contribution in [0.2, 0.25) is 0 Å². The van der Waals surface area contributed by atoms with Crippen molar-refractivity contribution in [3.05, 3.63) is 111 Å². The Balaban J connectivity index is 0.00000368. The fourth-order valence-electron chi connectivity index (χ4n) is 5.55. The molecular weight excluding hydrogens is 613 g/mol. The summed E-state index contributed by atoms with van der Waals surface area (Å²) in [5.74, 6) is -9.91. The maximum absolute atomic E-state index is 15.2. The molecule has 2 N–H and O–H groups in total. The molecule has 3 atom stereocenters. The first-order valence-corrected chi connectivity index (χ1v) is 12.5. The second kappa shape index (κ2) is 11.3. The number of carbonyl (C=O) groups is 1. The van der Waals surface area contributed by atoms with Crippen LogP contribution in [0.1, 0.15) is 56.9 Å². The molecule has 1 amide bonds. The molecule has 6 nitrogen and oxygen atoms in total. The van der Waals surface area contributed by atoms with Crippen molar-refractivity contribution in [1.29, 1.82) is 0 Å². The molecule has 2 aromatic carbocycles. The molecule has 2 aromatic heterocycles. The number of nitrogens with two attached hydrogens (primary N) is 1. The number of rotatable bonds is 7. The summed E-state index contributed by atoms with van der Waals surface area (Å²) >= 11 is 0. The molecule has 15 heteroatoms. The van der Waals surface area contributed by atoms with Gasteiger partial charge in [0.05, 0.1) is 22.6 Å². The smallest absolute Gasteiger partial charge is 0.388 e. The molecule has 2 aliphatic rings. The van der Waals surface area contributed by atoms with Gasteiger partial charge in [0.15, 0.2) is 0 Å². The van der Waals surface area contributed by atoms with Crippen LogP contribution in [0.5, 0.6) is 0 Å². The molecular formula is C28H18F8KN5O. The molecule has 0 bridgehead atoms. The van der Waals surface area contributed by atoms with E-state index in [2.05, 4.69) is 15.5 Å². The Morgan fingerprint density at radius 3 is 2.44 bits per heavy atom. The van der Waals surface area contributed by atoms with Crippen molar-refractivity contribution in [3.8, 4) is 11.1 Å². The first kappa shape index (κ1) is 31.6. The molecule has 43 heavy (non-hydrogen) atoms. The van der Waals surface area contributed by atoms with E-state index in [9.17, 15) is 31.1 Å². The van der Waals surface area contributed by atoms with E-state index in [1.165, 1.54) is 24.4 Å². The summed E-state index contributed by atoms with van der Waals surface area (Å²) in [5.41, 5.74) is 6.17. The molecule has 218 valence electrons. The summed E-state index contributed by atoms with van der Waals surface area (Å²) in [6.45, 7) is 0. The number of nitrogens with zero attached hydrogens (tertiary/aromatic N) is 4. The number of halogens is 8. The topological polar surface area (TPSA) is 87.9 Å². The van der Waals surface area contributed by atoms with Gasteiger partial charge >= 0.3 is 57.6 Å². The Hall–Kier alpha value is -2.85. The third kappa shape index (κ3) is 5.72. The Bertz CT molecular complexity index is 1720. The van der Waals surface area contributed by atoms with Gasteiger partial charge in [-0.3, -0.25) is 9.78 Å². The van der Waals surface area contributed by atoms with E-state index in [0.29, 0.717) is 6.07 Å². The van der Waals surface area contributed by atoms with E-state index >= 15 is 8.78 Å². The molecule has 0 radical (unpaired) electrons. The fraction of sp³-hybridized carbons (Fsp3) is 0.250. The van der Waals surface area contributed by atoms with E-state index < -0.39 is 82.3 Å². The quantitative estimate of drug-likeness (QED) is 0.249. The molecule has 2 heterocycles. The summed E-state index contributed by atoms with van der Waals surface area (Å²) < 4.78 is 114. The largest absolute Gasteiger partial charge is 1.00 e. The van der Waals surface area contributed by atoms with E-state index in [1.807, 2.05) is 0 Å². The van der Waals surface area contributed by atoms with Crippen molar-refractivity contribution >= 4 is 5.91 Å². The van der Waals surface area contributed by atoms with Gasteiger partial charge in [-0.15, -0.1) is 0 Å². The van der Waals surface area contributed by atoms with Crippen LogP contribution < -0.4 is 57.1 Å².